The molecule has 0 spiro atoms. The van der Waals surface area contributed by atoms with Gasteiger partial charge in [0.05, 0.1) is 0 Å². The van der Waals surface area contributed by atoms with E-state index < -0.39 is 0 Å². The highest BCUT2D eigenvalue weighted by Crippen LogP contribution is 2.19. The maximum Gasteiger partial charge on any atom is 0.226 e. The summed E-state index contributed by atoms with van der Waals surface area (Å²) in [5, 5.41) is 9.74. The molecule has 1 aromatic heterocycles. The Morgan fingerprint density at radius 2 is 2.17 bits per heavy atom. The molecule has 18 heavy (non-hydrogen) atoms. The fraction of sp³-hybridized carbons (Fsp3) is 0.308. The molecule has 0 aliphatic heterocycles. The van der Waals surface area contributed by atoms with Crippen LogP contribution in [0.15, 0.2) is 24.3 Å². The minimum Gasteiger partial charge on any atom is -0.326 e. The van der Waals surface area contributed by atoms with Crippen LogP contribution in [0.3, 0.4) is 0 Å². The van der Waals surface area contributed by atoms with E-state index >= 15 is 0 Å². The maximum atomic E-state index is 11.6. The van der Waals surface area contributed by atoms with Gasteiger partial charge in [0.25, 0.3) is 0 Å². The first-order valence-electron chi connectivity index (χ1n) is 5.86. The zero-order valence-corrected chi connectivity index (χ0v) is 10.7. The molecule has 0 aliphatic rings. The smallest absolute Gasteiger partial charge is 0.226 e. The molecule has 1 amide bonds. The SMILES string of the molecule is Cc1nc(-c2cccc(NC(=O)C(C)C)c2)n[nH]1. The van der Waals surface area contributed by atoms with Gasteiger partial charge in [0.1, 0.15) is 5.82 Å². The molecule has 1 heterocycles. The number of rotatable bonds is 3. The monoisotopic (exact) mass is 244 g/mol. The van der Waals surface area contributed by atoms with Crippen molar-refractivity contribution in [2.24, 2.45) is 5.92 Å². The van der Waals surface area contributed by atoms with Crippen LogP contribution in [0.5, 0.6) is 0 Å². The predicted octanol–water partition coefficient (Wildman–Crippen LogP) is 2.37. The standard InChI is InChI=1S/C13H16N4O/c1-8(2)13(18)15-11-6-4-5-10(7-11)12-14-9(3)16-17-12/h4-8H,1-3H3,(H,15,18)(H,14,16,17). The minimum atomic E-state index is -0.0422. The largest absolute Gasteiger partial charge is 0.326 e. The number of H-pyrrole nitrogens is 1. The highest BCUT2D eigenvalue weighted by atomic mass is 16.1. The number of aromatic nitrogens is 3. The molecular formula is C13H16N4O. The second-order valence-corrected chi connectivity index (χ2v) is 4.47. The number of hydrogen-bond acceptors (Lipinski definition) is 3. The van der Waals surface area contributed by atoms with E-state index in [9.17, 15) is 4.79 Å². The summed E-state index contributed by atoms with van der Waals surface area (Å²) in [5.74, 6) is 1.35. The van der Waals surface area contributed by atoms with Crippen LogP contribution in [0.1, 0.15) is 19.7 Å². The van der Waals surface area contributed by atoms with Gasteiger partial charge in [0, 0.05) is 17.2 Å². The van der Waals surface area contributed by atoms with E-state index in [1.807, 2.05) is 45.0 Å². The Balaban J connectivity index is 2.23. The lowest BCUT2D eigenvalue weighted by Gasteiger charge is -2.08. The van der Waals surface area contributed by atoms with Crippen molar-refractivity contribution in [1.29, 1.82) is 0 Å². The van der Waals surface area contributed by atoms with Crippen LogP contribution in [0.25, 0.3) is 11.4 Å². The molecule has 0 fully saturated rings. The summed E-state index contributed by atoms with van der Waals surface area (Å²) in [6.07, 6.45) is 0. The first kappa shape index (κ1) is 12.3. The molecule has 1 aromatic carbocycles. The van der Waals surface area contributed by atoms with Crippen LogP contribution in [0, 0.1) is 12.8 Å². The van der Waals surface area contributed by atoms with E-state index in [1.165, 1.54) is 0 Å². The van der Waals surface area contributed by atoms with Crippen LogP contribution in [0.2, 0.25) is 0 Å². The third-order valence-corrected chi connectivity index (χ3v) is 2.51. The molecule has 2 rings (SSSR count). The fourth-order valence-corrected chi connectivity index (χ4v) is 1.49. The van der Waals surface area contributed by atoms with Crippen molar-refractivity contribution in [3.8, 4) is 11.4 Å². The molecule has 0 saturated carbocycles. The van der Waals surface area contributed by atoms with Crippen LogP contribution >= 0.6 is 0 Å². The lowest BCUT2D eigenvalue weighted by molar-refractivity contribution is -0.118. The summed E-state index contributed by atoms with van der Waals surface area (Å²) in [5.41, 5.74) is 1.63. The Morgan fingerprint density at radius 3 is 2.78 bits per heavy atom. The van der Waals surface area contributed by atoms with E-state index in [0.29, 0.717) is 5.82 Å². The third-order valence-electron chi connectivity index (χ3n) is 2.51. The lowest BCUT2D eigenvalue weighted by Crippen LogP contribution is -2.17. The first-order chi connectivity index (χ1) is 8.56. The number of aromatic amines is 1. The zero-order chi connectivity index (χ0) is 13.1. The summed E-state index contributed by atoms with van der Waals surface area (Å²) >= 11 is 0. The van der Waals surface area contributed by atoms with Gasteiger partial charge in [0.2, 0.25) is 5.91 Å². The summed E-state index contributed by atoms with van der Waals surface area (Å²) in [6.45, 7) is 5.57. The Kier molecular flexibility index (Phi) is 3.41. The van der Waals surface area contributed by atoms with E-state index in [4.69, 9.17) is 0 Å². The van der Waals surface area contributed by atoms with Gasteiger partial charge in [0.15, 0.2) is 5.82 Å². The number of nitrogens with one attached hydrogen (secondary N) is 2. The number of carbonyl (C=O) groups excluding carboxylic acids is 1. The number of benzene rings is 1. The third kappa shape index (κ3) is 2.74. The molecule has 0 unspecified atom stereocenters. The van der Waals surface area contributed by atoms with E-state index in [1.54, 1.807) is 0 Å². The first-order valence-corrected chi connectivity index (χ1v) is 5.86. The Bertz CT molecular complexity index is 560. The number of anilines is 1. The normalized spacial score (nSPS) is 10.7. The number of amides is 1. The summed E-state index contributed by atoms with van der Waals surface area (Å²) in [4.78, 5) is 15.9. The maximum absolute atomic E-state index is 11.6. The van der Waals surface area contributed by atoms with Crippen molar-refractivity contribution in [1.82, 2.24) is 15.2 Å². The van der Waals surface area contributed by atoms with Crippen molar-refractivity contribution >= 4 is 11.6 Å². The molecule has 0 saturated heterocycles. The van der Waals surface area contributed by atoms with Gasteiger partial charge in [-0.15, -0.1) is 0 Å². The van der Waals surface area contributed by atoms with Crippen LogP contribution < -0.4 is 5.32 Å². The Morgan fingerprint density at radius 1 is 1.39 bits per heavy atom. The van der Waals surface area contributed by atoms with Crippen molar-refractivity contribution in [3.05, 3.63) is 30.1 Å². The van der Waals surface area contributed by atoms with Gasteiger partial charge in [-0.3, -0.25) is 9.89 Å². The highest BCUT2D eigenvalue weighted by molar-refractivity contribution is 5.92. The quantitative estimate of drug-likeness (QED) is 0.870. The summed E-state index contributed by atoms with van der Waals surface area (Å²) in [6, 6.07) is 7.50. The van der Waals surface area contributed by atoms with Crippen molar-refractivity contribution in [2.75, 3.05) is 5.32 Å². The van der Waals surface area contributed by atoms with Crippen molar-refractivity contribution < 1.29 is 4.79 Å². The van der Waals surface area contributed by atoms with Gasteiger partial charge >= 0.3 is 0 Å². The Labute approximate surface area is 106 Å². The number of carbonyl (C=O) groups is 1. The molecule has 0 bridgehead atoms. The second kappa shape index (κ2) is 5.00. The molecule has 2 N–H and O–H groups in total. The van der Waals surface area contributed by atoms with E-state index in [0.717, 1.165) is 17.1 Å². The molecular weight excluding hydrogens is 228 g/mol. The molecule has 5 nitrogen and oxygen atoms in total. The second-order valence-electron chi connectivity index (χ2n) is 4.47. The average Bonchev–Trinajstić information content (AvgIpc) is 2.76. The summed E-state index contributed by atoms with van der Waals surface area (Å²) in [7, 11) is 0. The summed E-state index contributed by atoms with van der Waals surface area (Å²) < 4.78 is 0. The van der Waals surface area contributed by atoms with Crippen LogP contribution in [0.4, 0.5) is 5.69 Å². The molecule has 5 heteroatoms. The minimum absolute atomic E-state index is 0.00156. The molecule has 0 aliphatic carbocycles. The topological polar surface area (TPSA) is 70.7 Å². The predicted molar refractivity (Wildman–Crippen MR) is 70.0 cm³/mol. The number of aryl methyl sites for hydroxylation is 1. The average molecular weight is 244 g/mol. The molecule has 0 radical (unpaired) electrons. The van der Waals surface area contributed by atoms with E-state index in [-0.39, 0.29) is 11.8 Å². The highest BCUT2D eigenvalue weighted by Gasteiger charge is 2.09. The van der Waals surface area contributed by atoms with Crippen LogP contribution in [-0.4, -0.2) is 21.1 Å². The van der Waals surface area contributed by atoms with Gasteiger partial charge in [-0.25, -0.2) is 4.98 Å². The van der Waals surface area contributed by atoms with Gasteiger partial charge in [-0.1, -0.05) is 26.0 Å². The lowest BCUT2D eigenvalue weighted by atomic mass is 10.1. The molecule has 2 aromatic rings. The molecule has 94 valence electrons. The number of hydrogen-bond donors (Lipinski definition) is 2. The van der Waals surface area contributed by atoms with Gasteiger partial charge in [-0.05, 0) is 19.1 Å². The van der Waals surface area contributed by atoms with Crippen LogP contribution in [-0.2, 0) is 4.79 Å². The fourth-order valence-electron chi connectivity index (χ4n) is 1.49. The molecule has 0 atom stereocenters. The van der Waals surface area contributed by atoms with Crippen molar-refractivity contribution in [3.63, 3.8) is 0 Å². The van der Waals surface area contributed by atoms with Crippen molar-refractivity contribution in [2.45, 2.75) is 20.8 Å². The Hall–Kier alpha value is -2.17. The number of nitrogens with zero attached hydrogens (tertiary/aromatic N) is 2. The van der Waals surface area contributed by atoms with E-state index in [2.05, 4.69) is 20.5 Å². The van der Waals surface area contributed by atoms with Gasteiger partial charge < -0.3 is 5.32 Å². The zero-order valence-electron chi connectivity index (χ0n) is 10.7. The van der Waals surface area contributed by atoms with Gasteiger partial charge in [-0.2, -0.15) is 5.10 Å².